The van der Waals surface area contributed by atoms with Gasteiger partial charge in [-0.05, 0) is 56.4 Å². The van der Waals surface area contributed by atoms with Crippen LogP contribution < -0.4 is 10.1 Å². The Morgan fingerprint density at radius 1 is 1.41 bits per heavy atom. The van der Waals surface area contributed by atoms with E-state index in [0.717, 1.165) is 42.5 Å². The van der Waals surface area contributed by atoms with Gasteiger partial charge in [0.25, 0.3) is 5.91 Å². The molecule has 3 rings (SSSR count). The van der Waals surface area contributed by atoms with Gasteiger partial charge in [-0.3, -0.25) is 10.1 Å². The molecule has 1 aromatic heterocycles. The number of anilines is 1. The number of ether oxygens (including phenoxy) is 1. The van der Waals surface area contributed by atoms with Crippen molar-refractivity contribution in [2.24, 2.45) is 0 Å². The van der Waals surface area contributed by atoms with E-state index in [0.29, 0.717) is 16.7 Å². The van der Waals surface area contributed by atoms with E-state index in [9.17, 15) is 4.79 Å². The average molecular weight is 321 g/mol. The molecular formula is C16H17ClN2O3. The maximum absolute atomic E-state index is 12.0. The first-order valence-electron chi connectivity index (χ1n) is 7.29. The smallest absolute Gasteiger partial charge is 0.264 e. The number of rotatable bonds is 4. The first-order chi connectivity index (χ1) is 10.6. The maximum Gasteiger partial charge on any atom is 0.264 e. The normalized spacial score (nSPS) is 13.5. The third-order valence-corrected chi connectivity index (χ3v) is 4.14. The van der Waals surface area contributed by atoms with Crippen LogP contribution in [0.2, 0.25) is 5.02 Å². The largest absolute Gasteiger partial charge is 0.484 e. The van der Waals surface area contributed by atoms with E-state index in [1.165, 1.54) is 0 Å². The molecule has 22 heavy (non-hydrogen) atoms. The number of hydrogen-bond acceptors (Lipinski definition) is 4. The molecule has 5 nitrogen and oxygen atoms in total. The molecule has 0 saturated heterocycles. The Morgan fingerprint density at radius 2 is 2.23 bits per heavy atom. The summed E-state index contributed by atoms with van der Waals surface area (Å²) in [5.74, 6) is 0.796. The Labute approximate surface area is 133 Å². The number of benzene rings is 1. The minimum Gasteiger partial charge on any atom is -0.484 e. The summed E-state index contributed by atoms with van der Waals surface area (Å²) in [6.07, 6.45) is 4.02. The highest BCUT2D eigenvalue weighted by Gasteiger charge is 2.20. The zero-order valence-electron chi connectivity index (χ0n) is 12.3. The van der Waals surface area contributed by atoms with Crippen molar-refractivity contribution in [3.05, 3.63) is 40.0 Å². The molecule has 1 aliphatic carbocycles. The molecule has 0 unspecified atom stereocenters. The summed E-state index contributed by atoms with van der Waals surface area (Å²) in [7, 11) is 0. The molecule has 0 saturated carbocycles. The van der Waals surface area contributed by atoms with E-state index >= 15 is 0 Å². The summed E-state index contributed by atoms with van der Waals surface area (Å²) in [6, 6.07) is 5.28. The molecule has 0 fully saturated rings. The third-order valence-electron chi connectivity index (χ3n) is 3.71. The Kier molecular flexibility index (Phi) is 4.34. The SMILES string of the molecule is Cc1cc(OCC(=O)Nc2onc3c2CCCC3)ccc1Cl. The molecule has 0 spiro atoms. The molecule has 116 valence electrons. The van der Waals surface area contributed by atoms with E-state index in [-0.39, 0.29) is 12.5 Å². The van der Waals surface area contributed by atoms with E-state index in [1.807, 2.05) is 6.92 Å². The molecule has 1 N–H and O–H groups in total. The molecule has 0 bridgehead atoms. The van der Waals surface area contributed by atoms with E-state index in [2.05, 4.69) is 10.5 Å². The maximum atomic E-state index is 12.0. The van der Waals surface area contributed by atoms with Crippen LogP contribution in [0.5, 0.6) is 5.75 Å². The summed E-state index contributed by atoms with van der Waals surface area (Å²) < 4.78 is 10.7. The summed E-state index contributed by atoms with van der Waals surface area (Å²) in [6.45, 7) is 1.80. The predicted octanol–water partition coefficient (Wildman–Crippen LogP) is 3.53. The standard InChI is InChI=1S/C16H17ClN2O3/c1-10-8-11(6-7-13(10)17)21-9-15(20)18-16-12-4-2-3-5-14(12)19-22-16/h6-8H,2-5,9H2,1H3,(H,18,20). The lowest BCUT2D eigenvalue weighted by molar-refractivity contribution is -0.118. The highest BCUT2D eigenvalue weighted by atomic mass is 35.5. The van der Waals surface area contributed by atoms with Gasteiger partial charge in [-0.25, -0.2) is 0 Å². The summed E-state index contributed by atoms with van der Waals surface area (Å²) in [4.78, 5) is 12.0. The number of amides is 1. The number of aromatic nitrogens is 1. The second kappa shape index (κ2) is 6.40. The average Bonchev–Trinajstić information content (AvgIpc) is 2.92. The molecule has 2 aromatic rings. The highest BCUT2D eigenvalue weighted by molar-refractivity contribution is 6.31. The predicted molar refractivity (Wildman–Crippen MR) is 83.5 cm³/mol. The van der Waals surface area contributed by atoms with Crippen molar-refractivity contribution in [3.63, 3.8) is 0 Å². The minimum absolute atomic E-state index is 0.0868. The Hall–Kier alpha value is -2.01. The highest BCUT2D eigenvalue weighted by Crippen LogP contribution is 2.27. The molecule has 0 radical (unpaired) electrons. The molecule has 0 atom stereocenters. The molecular weight excluding hydrogens is 304 g/mol. The lowest BCUT2D eigenvalue weighted by Gasteiger charge is -2.10. The van der Waals surface area contributed by atoms with Crippen LogP contribution in [0, 0.1) is 6.92 Å². The van der Waals surface area contributed by atoms with E-state index in [1.54, 1.807) is 18.2 Å². The van der Waals surface area contributed by atoms with Gasteiger partial charge in [0, 0.05) is 10.6 Å². The zero-order chi connectivity index (χ0) is 15.5. The Balaban J connectivity index is 1.58. The van der Waals surface area contributed by atoms with Crippen LogP contribution in [0.4, 0.5) is 5.88 Å². The van der Waals surface area contributed by atoms with Crippen molar-refractivity contribution in [1.29, 1.82) is 0 Å². The lowest BCUT2D eigenvalue weighted by Crippen LogP contribution is -2.20. The quantitative estimate of drug-likeness (QED) is 0.936. The fourth-order valence-electron chi connectivity index (χ4n) is 2.51. The van der Waals surface area contributed by atoms with Gasteiger partial charge in [-0.15, -0.1) is 0 Å². The third kappa shape index (κ3) is 3.25. The van der Waals surface area contributed by atoms with Crippen LogP contribution in [0.25, 0.3) is 0 Å². The number of halogens is 1. The fraction of sp³-hybridized carbons (Fsp3) is 0.375. The van der Waals surface area contributed by atoms with Gasteiger partial charge in [0.1, 0.15) is 5.75 Å². The van der Waals surface area contributed by atoms with Crippen molar-refractivity contribution < 1.29 is 14.1 Å². The van der Waals surface area contributed by atoms with E-state index in [4.69, 9.17) is 20.9 Å². The topological polar surface area (TPSA) is 64.4 Å². The van der Waals surface area contributed by atoms with Crippen LogP contribution >= 0.6 is 11.6 Å². The fourth-order valence-corrected chi connectivity index (χ4v) is 2.62. The second-order valence-corrected chi connectivity index (χ2v) is 5.80. The molecule has 1 heterocycles. The Morgan fingerprint density at radius 3 is 3.05 bits per heavy atom. The summed E-state index contributed by atoms with van der Waals surface area (Å²) >= 11 is 5.95. The molecule has 1 aromatic carbocycles. The minimum atomic E-state index is -0.267. The first-order valence-corrected chi connectivity index (χ1v) is 7.67. The van der Waals surface area contributed by atoms with Gasteiger partial charge < -0.3 is 9.26 Å². The number of fused-ring (bicyclic) bond motifs is 1. The van der Waals surface area contributed by atoms with Crippen LogP contribution in [0.3, 0.4) is 0 Å². The zero-order valence-corrected chi connectivity index (χ0v) is 13.1. The molecule has 1 aliphatic rings. The molecule has 6 heteroatoms. The number of nitrogens with zero attached hydrogens (tertiary/aromatic N) is 1. The van der Waals surface area contributed by atoms with Gasteiger partial charge in [-0.1, -0.05) is 16.8 Å². The van der Waals surface area contributed by atoms with E-state index < -0.39 is 0 Å². The number of aryl methyl sites for hydroxylation is 2. The Bertz CT molecular complexity index is 697. The number of nitrogens with one attached hydrogen (secondary N) is 1. The molecule has 0 aliphatic heterocycles. The van der Waals surface area contributed by atoms with Crippen molar-refractivity contribution in [2.75, 3.05) is 11.9 Å². The molecule has 1 amide bonds. The lowest BCUT2D eigenvalue weighted by atomic mass is 9.98. The van der Waals surface area contributed by atoms with Crippen molar-refractivity contribution in [2.45, 2.75) is 32.6 Å². The van der Waals surface area contributed by atoms with Crippen LogP contribution in [-0.2, 0) is 17.6 Å². The van der Waals surface area contributed by atoms with Gasteiger partial charge in [0.15, 0.2) is 6.61 Å². The first kappa shape index (κ1) is 14.9. The number of carbonyl (C=O) groups is 1. The van der Waals surface area contributed by atoms with Crippen LogP contribution in [0.15, 0.2) is 22.7 Å². The summed E-state index contributed by atoms with van der Waals surface area (Å²) in [5, 5.41) is 7.40. The van der Waals surface area contributed by atoms with Crippen molar-refractivity contribution in [3.8, 4) is 5.75 Å². The van der Waals surface area contributed by atoms with Crippen LogP contribution in [0.1, 0.15) is 29.7 Å². The summed E-state index contributed by atoms with van der Waals surface area (Å²) in [5.41, 5.74) is 2.88. The number of hydrogen-bond donors (Lipinski definition) is 1. The van der Waals surface area contributed by atoms with Gasteiger partial charge >= 0.3 is 0 Å². The monoisotopic (exact) mass is 320 g/mol. The van der Waals surface area contributed by atoms with Gasteiger partial charge in [0.2, 0.25) is 5.88 Å². The van der Waals surface area contributed by atoms with Crippen LogP contribution in [-0.4, -0.2) is 17.7 Å². The van der Waals surface area contributed by atoms with Crippen molar-refractivity contribution >= 4 is 23.4 Å². The number of carbonyl (C=O) groups excluding carboxylic acids is 1. The van der Waals surface area contributed by atoms with Gasteiger partial charge in [-0.2, -0.15) is 0 Å². The van der Waals surface area contributed by atoms with Crippen molar-refractivity contribution in [1.82, 2.24) is 5.16 Å². The van der Waals surface area contributed by atoms with Gasteiger partial charge in [0.05, 0.1) is 5.69 Å². The second-order valence-electron chi connectivity index (χ2n) is 5.39.